The van der Waals surface area contributed by atoms with Gasteiger partial charge in [-0.25, -0.2) is 13.2 Å². The molecular weight excluding hydrogens is 495 g/mol. The molecule has 3 aromatic rings. The highest BCUT2D eigenvalue weighted by Crippen LogP contribution is 2.41. The molecule has 6 nitrogen and oxygen atoms in total. The van der Waals surface area contributed by atoms with E-state index in [1.54, 1.807) is 30.3 Å². The van der Waals surface area contributed by atoms with E-state index in [-0.39, 0.29) is 28.6 Å². The summed E-state index contributed by atoms with van der Waals surface area (Å²) in [5.74, 6) is -3.02. The van der Waals surface area contributed by atoms with Crippen molar-refractivity contribution in [3.8, 4) is 5.75 Å². The van der Waals surface area contributed by atoms with E-state index >= 15 is 0 Å². The number of rotatable bonds is 8. The third-order valence-electron chi connectivity index (χ3n) is 4.76. The van der Waals surface area contributed by atoms with Gasteiger partial charge in [-0.1, -0.05) is 41.9 Å². The highest BCUT2D eigenvalue weighted by Gasteiger charge is 2.37. The number of aromatic nitrogens is 1. The molecule has 11 heteroatoms. The van der Waals surface area contributed by atoms with Crippen molar-refractivity contribution in [1.82, 2.24) is 4.98 Å². The quantitative estimate of drug-likeness (QED) is 0.383. The second-order valence-electron chi connectivity index (χ2n) is 7.20. The molecule has 0 radical (unpaired) electrons. The topological polar surface area (TPSA) is 82.6 Å². The lowest BCUT2D eigenvalue weighted by Crippen LogP contribution is -2.18. The minimum atomic E-state index is -4.86. The van der Waals surface area contributed by atoms with Gasteiger partial charge in [0, 0.05) is 11.8 Å². The Morgan fingerprint density at radius 2 is 1.74 bits per heavy atom. The fourth-order valence-electron chi connectivity index (χ4n) is 3.22. The molecule has 3 rings (SSSR count). The summed E-state index contributed by atoms with van der Waals surface area (Å²) in [5, 5.41) is -0.165. The molecule has 0 amide bonds. The normalized spacial score (nSPS) is 11.8. The van der Waals surface area contributed by atoms with Gasteiger partial charge < -0.3 is 9.47 Å². The molecular formula is C23H19ClF3NO5S. The number of methoxy groups -OCH3 is 1. The average Bonchev–Trinajstić information content (AvgIpc) is 2.78. The van der Waals surface area contributed by atoms with Crippen LogP contribution in [0.1, 0.15) is 32.7 Å². The Bertz CT molecular complexity index is 1280. The summed E-state index contributed by atoms with van der Waals surface area (Å²) in [7, 11) is -3.15. The Morgan fingerprint density at radius 1 is 1.03 bits per heavy atom. The van der Waals surface area contributed by atoms with Gasteiger partial charge in [-0.3, -0.25) is 4.98 Å². The van der Waals surface area contributed by atoms with Crippen LogP contribution in [-0.4, -0.2) is 26.5 Å². The molecule has 0 saturated carbocycles. The molecule has 180 valence electrons. The van der Waals surface area contributed by atoms with Crippen LogP contribution in [0.15, 0.2) is 60.8 Å². The van der Waals surface area contributed by atoms with Crippen LogP contribution in [0.2, 0.25) is 5.02 Å². The van der Waals surface area contributed by atoms with Crippen LogP contribution < -0.4 is 4.74 Å². The zero-order valence-electron chi connectivity index (χ0n) is 17.8. The summed E-state index contributed by atoms with van der Waals surface area (Å²) in [6.07, 6.45) is -3.59. The summed E-state index contributed by atoms with van der Waals surface area (Å²) in [5.41, 5.74) is -1.39. The fraction of sp³-hybridized carbons (Fsp3) is 0.217. The summed E-state index contributed by atoms with van der Waals surface area (Å²) in [4.78, 5) is 15.8. The number of carbonyl (C=O) groups is 1. The number of hydrogen-bond acceptors (Lipinski definition) is 6. The Labute approximate surface area is 199 Å². The number of sulfone groups is 1. The first-order chi connectivity index (χ1) is 16.0. The third kappa shape index (κ3) is 6.27. The number of alkyl halides is 3. The molecule has 2 aromatic carbocycles. The van der Waals surface area contributed by atoms with Crippen LogP contribution in [0, 0.1) is 0 Å². The molecule has 0 spiro atoms. The second kappa shape index (κ2) is 10.4. The predicted octanol–water partition coefficient (Wildman–Crippen LogP) is 5.23. The first-order valence-corrected chi connectivity index (χ1v) is 12.0. The maximum atomic E-state index is 13.8. The first kappa shape index (κ1) is 25.5. The van der Waals surface area contributed by atoms with Crippen molar-refractivity contribution in [2.75, 3.05) is 7.11 Å². The van der Waals surface area contributed by atoms with Crippen LogP contribution >= 0.6 is 11.6 Å². The van der Waals surface area contributed by atoms with E-state index < -0.39 is 44.6 Å². The lowest BCUT2D eigenvalue weighted by molar-refractivity contribution is -0.138. The Balaban J connectivity index is 2.00. The molecule has 0 atom stereocenters. The number of nitrogens with zero attached hydrogens (tertiary/aromatic N) is 1. The van der Waals surface area contributed by atoms with Crippen molar-refractivity contribution in [2.45, 2.75) is 24.3 Å². The average molecular weight is 514 g/mol. The molecule has 0 aliphatic rings. The van der Waals surface area contributed by atoms with Gasteiger partial charge in [0.15, 0.2) is 9.84 Å². The SMILES string of the molecule is COC(=O)c1cccnc1CS(=O)(=O)Cc1c(C(F)(F)F)ccc(Cl)c1OCc1ccccc1. The van der Waals surface area contributed by atoms with Crippen LogP contribution in [-0.2, 0) is 38.9 Å². The van der Waals surface area contributed by atoms with Gasteiger partial charge in [0.2, 0.25) is 0 Å². The van der Waals surface area contributed by atoms with Crippen LogP contribution in [0.25, 0.3) is 0 Å². The fourth-order valence-corrected chi connectivity index (χ4v) is 4.93. The van der Waals surface area contributed by atoms with E-state index in [4.69, 9.17) is 16.3 Å². The molecule has 0 saturated heterocycles. The number of esters is 1. The van der Waals surface area contributed by atoms with E-state index in [2.05, 4.69) is 9.72 Å². The molecule has 0 aliphatic heterocycles. The minimum absolute atomic E-state index is 0.101. The van der Waals surface area contributed by atoms with Crippen molar-refractivity contribution in [3.05, 3.63) is 93.8 Å². The molecule has 0 fully saturated rings. The zero-order chi connectivity index (χ0) is 24.9. The van der Waals surface area contributed by atoms with Gasteiger partial charge in [-0.15, -0.1) is 0 Å². The second-order valence-corrected chi connectivity index (χ2v) is 9.67. The van der Waals surface area contributed by atoms with Crippen molar-refractivity contribution in [1.29, 1.82) is 0 Å². The van der Waals surface area contributed by atoms with E-state index in [1.165, 1.54) is 18.3 Å². The molecule has 0 unspecified atom stereocenters. The van der Waals surface area contributed by atoms with Gasteiger partial charge >= 0.3 is 12.1 Å². The van der Waals surface area contributed by atoms with Gasteiger partial charge in [0.1, 0.15) is 12.4 Å². The number of hydrogen-bond donors (Lipinski definition) is 0. The lowest BCUT2D eigenvalue weighted by atomic mass is 10.1. The zero-order valence-corrected chi connectivity index (χ0v) is 19.4. The third-order valence-corrected chi connectivity index (χ3v) is 6.50. The molecule has 0 N–H and O–H groups in total. The molecule has 0 bridgehead atoms. The molecule has 1 aromatic heterocycles. The number of ether oxygens (including phenoxy) is 2. The largest absolute Gasteiger partial charge is 0.487 e. The van der Waals surface area contributed by atoms with Crippen LogP contribution in [0.3, 0.4) is 0 Å². The van der Waals surface area contributed by atoms with E-state index in [1.807, 2.05) is 0 Å². The Kier molecular flexibility index (Phi) is 7.83. The lowest BCUT2D eigenvalue weighted by Gasteiger charge is -2.19. The monoisotopic (exact) mass is 513 g/mol. The maximum absolute atomic E-state index is 13.8. The highest BCUT2D eigenvalue weighted by atomic mass is 35.5. The Hall–Kier alpha value is -3.11. The standard InChI is InChI=1S/C23H19ClF3NO5S/c1-32-22(29)16-8-5-11-28-20(16)14-34(30,31)13-17-18(23(25,26)27)9-10-19(24)21(17)33-12-15-6-3-2-4-7-15/h2-11H,12-14H2,1H3. The molecule has 34 heavy (non-hydrogen) atoms. The number of benzene rings is 2. The van der Waals surface area contributed by atoms with Gasteiger partial charge in [0.05, 0.1) is 40.5 Å². The van der Waals surface area contributed by atoms with Crippen LogP contribution in [0.5, 0.6) is 5.75 Å². The van der Waals surface area contributed by atoms with Crippen molar-refractivity contribution < 1.29 is 35.9 Å². The van der Waals surface area contributed by atoms with E-state index in [0.717, 1.165) is 13.2 Å². The van der Waals surface area contributed by atoms with Gasteiger partial charge in [-0.2, -0.15) is 13.2 Å². The molecule has 0 aliphatic carbocycles. The Morgan fingerprint density at radius 3 is 2.38 bits per heavy atom. The van der Waals surface area contributed by atoms with Crippen LogP contribution in [0.4, 0.5) is 13.2 Å². The van der Waals surface area contributed by atoms with E-state index in [0.29, 0.717) is 11.6 Å². The first-order valence-electron chi connectivity index (χ1n) is 9.80. The smallest absolute Gasteiger partial charge is 0.416 e. The molecule has 1 heterocycles. The van der Waals surface area contributed by atoms with Gasteiger partial charge in [-0.05, 0) is 29.8 Å². The summed E-state index contributed by atoms with van der Waals surface area (Å²) in [6.45, 7) is -0.123. The van der Waals surface area contributed by atoms with E-state index in [9.17, 15) is 26.4 Å². The summed E-state index contributed by atoms with van der Waals surface area (Å²) >= 11 is 6.13. The van der Waals surface area contributed by atoms with Crippen molar-refractivity contribution in [3.63, 3.8) is 0 Å². The summed E-state index contributed by atoms with van der Waals surface area (Å²) < 4.78 is 77.5. The summed E-state index contributed by atoms with van der Waals surface area (Å²) in [6, 6.07) is 13.1. The van der Waals surface area contributed by atoms with Crippen molar-refractivity contribution in [2.24, 2.45) is 0 Å². The maximum Gasteiger partial charge on any atom is 0.416 e. The van der Waals surface area contributed by atoms with Gasteiger partial charge in [0.25, 0.3) is 0 Å². The minimum Gasteiger partial charge on any atom is -0.487 e. The number of carbonyl (C=O) groups excluding carboxylic acids is 1. The van der Waals surface area contributed by atoms with Crippen molar-refractivity contribution >= 4 is 27.4 Å². The predicted molar refractivity (Wildman–Crippen MR) is 119 cm³/mol. The number of halogens is 4. The highest BCUT2D eigenvalue weighted by molar-refractivity contribution is 7.89. The number of pyridine rings is 1.